The monoisotopic (exact) mass is 140 g/mol. The van der Waals surface area contributed by atoms with Crippen LogP contribution in [0.3, 0.4) is 0 Å². The highest BCUT2D eigenvalue weighted by Crippen LogP contribution is 1.86. The lowest BCUT2D eigenvalue weighted by atomic mass is 10.7. The Hall–Kier alpha value is -1.44. The van der Waals surface area contributed by atoms with Crippen molar-refractivity contribution in [2.45, 2.75) is 6.54 Å². The third-order valence-electron chi connectivity index (χ3n) is 0.950. The molecule has 52 valence electrons. The predicted octanol–water partition coefficient (Wildman–Crippen LogP) is 0.119. The van der Waals surface area contributed by atoms with Crippen LogP contribution in [0, 0.1) is 11.3 Å². The van der Waals surface area contributed by atoms with Crippen molar-refractivity contribution in [3.63, 3.8) is 0 Å². The van der Waals surface area contributed by atoms with Gasteiger partial charge >= 0.3 is 0 Å². The molecule has 5 heteroatoms. The summed E-state index contributed by atoms with van der Waals surface area (Å²) in [6, 6.07) is 1.74. The second-order valence-corrected chi connectivity index (χ2v) is 1.63. The van der Waals surface area contributed by atoms with Crippen LogP contribution in [0.25, 0.3) is 0 Å². The maximum atomic E-state index is 11.6. The number of halogens is 1. The first-order chi connectivity index (χ1) is 4.86. The van der Waals surface area contributed by atoms with Crippen LogP contribution in [0.2, 0.25) is 0 Å². The van der Waals surface area contributed by atoms with E-state index in [2.05, 4.69) is 10.1 Å². The molecule has 1 rings (SSSR count). The number of nitrogens with zero attached hydrogens (tertiary/aromatic N) is 4. The number of hydrogen-bond donors (Lipinski definition) is 0. The third kappa shape index (κ3) is 1.29. The van der Waals surface area contributed by atoms with Crippen LogP contribution < -0.4 is 0 Å². The molecule has 0 spiro atoms. The van der Waals surface area contributed by atoms with Gasteiger partial charge in [0.05, 0.1) is 6.54 Å². The van der Waals surface area contributed by atoms with Crippen LogP contribution in [0.4, 0.5) is 4.39 Å². The molecular formula is C5H5FN4. The van der Waals surface area contributed by atoms with Crippen LogP contribution >= 0.6 is 0 Å². The molecule has 0 N–H and O–H groups in total. The molecule has 0 amide bonds. The smallest absolute Gasteiger partial charge is 0.249 e. The molecule has 4 nitrogen and oxygen atoms in total. The molecule has 0 atom stereocenters. The number of nitriles is 1. The van der Waals surface area contributed by atoms with Gasteiger partial charge in [0.25, 0.3) is 5.82 Å². The van der Waals surface area contributed by atoms with E-state index in [1.807, 2.05) is 0 Å². The molecule has 0 fully saturated rings. The quantitative estimate of drug-likeness (QED) is 0.586. The van der Waals surface area contributed by atoms with Gasteiger partial charge in [0.2, 0.25) is 0 Å². The maximum absolute atomic E-state index is 11.6. The molecule has 0 aromatic carbocycles. The average molecular weight is 140 g/mol. The number of hydrogen-bond acceptors (Lipinski definition) is 3. The van der Waals surface area contributed by atoms with Crippen LogP contribution in [0.1, 0.15) is 5.82 Å². The first-order valence-electron chi connectivity index (χ1n) is 2.72. The van der Waals surface area contributed by atoms with E-state index in [1.54, 1.807) is 6.07 Å². The highest BCUT2D eigenvalue weighted by molar-refractivity contribution is 5.05. The van der Waals surface area contributed by atoms with Crippen LogP contribution in [0.5, 0.6) is 0 Å². The number of aryl methyl sites for hydroxylation is 1. The van der Waals surface area contributed by atoms with Crippen molar-refractivity contribution >= 4 is 0 Å². The summed E-state index contributed by atoms with van der Waals surface area (Å²) in [6.45, 7) is -0.330. The molecular weight excluding hydrogens is 135 g/mol. The van der Waals surface area contributed by atoms with E-state index in [4.69, 9.17) is 5.26 Å². The predicted molar refractivity (Wildman–Crippen MR) is 30.7 cm³/mol. The van der Waals surface area contributed by atoms with Crippen LogP contribution in [-0.4, -0.2) is 21.4 Å². The molecule has 10 heavy (non-hydrogen) atoms. The lowest BCUT2D eigenvalue weighted by Crippen LogP contribution is -1.99. The molecule has 0 aliphatic heterocycles. The van der Waals surface area contributed by atoms with Gasteiger partial charge in [-0.15, -0.1) is 5.10 Å². The number of alkyl halides is 1. The summed E-state index contributed by atoms with van der Waals surface area (Å²) in [5.74, 6) is 0.0773. The van der Waals surface area contributed by atoms with Gasteiger partial charge in [0.15, 0.2) is 0 Å². The first-order valence-corrected chi connectivity index (χ1v) is 2.72. The average Bonchev–Trinajstić information content (AvgIpc) is 2.37. The molecule has 0 aliphatic carbocycles. The Morgan fingerprint density at radius 1 is 1.80 bits per heavy atom. The summed E-state index contributed by atoms with van der Waals surface area (Å²) < 4.78 is 12.9. The Bertz CT molecular complexity index is 248. The van der Waals surface area contributed by atoms with Gasteiger partial charge in [-0.3, -0.25) is 0 Å². The molecule has 1 aromatic heterocycles. The van der Waals surface area contributed by atoms with Crippen molar-refractivity contribution in [3.05, 3.63) is 12.2 Å². The van der Waals surface area contributed by atoms with Gasteiger partial charge in [0, 0.05) is 0 Å². The zero-order valence-corrected chi connectivity index (χ0v) is 5.16. The molecule has 1 heterocycles. The van der Waals surface area contributed by atoms with E-state index in [-0.39, 0.29) is 12.4 Å². The maximum Gasteiger partial charge on any atom is 0.252 e. The van der Waals surface area contributed by atoms with Crippen LogP contribution in [-0.2, 0) is 6.54 Å². The van der Waals surface area contributed by atoms with Crippen molar-refractivity contribution in [1.29, 1.82) is 5.26 Å². The zero-order chi connectivity index (χ0) is 7.40. The molecule has 0 radical (unpaired) electrons. The largest absolute Gasteiger partial charge is 0.252 e. The minimum absolute atomic E-state index is 0.0773. The van der Waals surface area contributed by atoms with Gasteiger partial charge in [-0.05, 0) is 0 Å². The summed E-state index contributed by atoms with van der Waals surface area (Å²) in [5, 5.41) is 11.9. The molecule has 0 unspecified atom stereocenters. The Labute approximate surface area is 56.9 Å². The van der Waals surface area contributed by atoms with Gasteiger partial charge in [0.1, 0.15) is 19.1 Å². The van der Waals surface area contributed by atoms with Crippen molar-refractivity contribution in [2.75, 3.05) is 6.67 Å². The number of rotatable bonds is 2. The normalized spacial score (nSPS) is 9.20. The Morgan fingerprint density at radius 3 is 3.10 bits per heavy atom. The highest BCUT2D eigenvalue weighted by atomic mass is 19.1. The van der Waals surface area contributed by atoms with Gasteiger partial charge in [-0.1, -0.05) is 0 Å². The Kier molecular flexibility index (Phi) is 1.95. The Morgan fingerprint density at radius 2 is 2.60 bits per heavy atom. The molecule has 1 aromatic rings. The van der Waals surface area contributed by atoms with E-state index >= 15 is 0 Å². The summed E-state index contributed by atoms with van der Waals surface area (Å²) >= 11 is 0. The van der Waals surface area contributed by atoms with E-state index in [0.29, 0.717) is 0 Å². The van der Waals surface area contributed by atoms with E-state index in [0.717, 1.165) is 0 Å². The molecule has 0 saturated heterocycles. The van der Waals surface area contributed by atoms with Crippen molar-refractivity contribution in [1.82, 2.24) is 14.8 Å². The number of aromatic nitrogens is 3. The zero-order valence-electron chi connectivity index (χ0n) is 5.16. The Balaban J connectivity index is 2.71. The van der Waals surface area contributed by atoms with E-state index in [9.17, 15) is 4.39 Å². The summed E-state index contributed by atoms with van der Waals surface area (Å²) in [6.07, 6.45) is 1.33. The fourth-order valence-electron chi connectivity index (χ4n) is 0.540. The summed E-state index contributed by atoms with van der Waals surface area (Å²) in [7, 11) is 0. The van der Waals surface area contributed by atoms with Crippen molar-refractivity contribution in [2.24, 2.45) is 0 Å². The highest BCUT2D eigenvalue weighted by Gasteiger charge is 1.96. The van der Waals surface area contributed by atoms with Crippen LogP contribution in [0.15, 0.2) is 6.33 Å². The summed E-state index contributed by atoms with van der Waals surface area (Å²) in [4.78, 5) is 3.58. The SMILES string of the molecule is N#Cc1ncn(CCF)n1. The molecule has 0 saturated carbocycles. The standard InChI is InChI=1S/C5H5FN4/c6-1-2-10-4-8-5(3-7)9-10/h4H,1-2H2. The van der Waals surface area contributed by atoms with E-state index in [1.165, 1.54) is 11.0 Å². The lowest BCUT2D eigenvalue weighted by Gasteiger charge is -1.89. The van der Waals surface area contributed by atoms with Gasteiger partial charge in [-0.2, -0.15) is 5.26 Å². The van der Waals surface area contributed by atoms with Gasteiger partial charge < -0.3 is 0 Å². The van der Waals surface area contributed by atoms with Gasteiger partial charge in [-0.25, -0.2) is 14.1 Å². The minimum Gasteiger partial charge on any atom is -0.249 e. The first kappa shape index (κ1) is 6.68. The fourth-order valence-corrected chi connectivity index (χ4v) is 0.540. The second-order valence-electron chi connectivity index (χ2n) is 1.63. The van der Waals surface area contributed by atoms with E-state index < -0.39 is 6.67 Å². The second kappa shape index (κ2) is 2.92. The lowest BCUT2D eigenvalue weighted by molar-refractivity contribution is 0.426. The van der Waals surface area contributed by atoms with Crippen molar-refractivity contribution in [3.8, 4) is 6.07 Å². The fraction of sp³-hybridized carbons (Fsp3) is 0.400. The minimum atomic E-state index is -0.492. The summed E-state index contributed by atoms with van der Waals surface area (Å²) in [5.41, 5.74) is 0. The topological polar surface area (TPSA) is 54.5 Å². The molecule has 0 aliphatic rings. The third-order valence-corrected chi connectivity index (χ3v) is 0.950. The molecule has 0 bridgehead atoms. The van der Waals surface area contributed by atoms with Crippen molar-refractivity contribution < 1.29 is 4.39 Å².